The predicted octanol–water partition coefficient (Wildman–Crippen LogP) is 6.75. The van der Waals surface area contributed by atoms with Crippen molar-refractivity contribution in [1.29, 1.82) is 0 Å². The van der Waals surface area contributed by atoms with Crippen molar-refractivity contribution in [2.24, 2.45) is 0 Å². The molecule has 0 saturated carbocycles. The van der Waals surface area contributed by atoms with Gasteiger partial charge in [-0.05, 0) is 59.7 Å². The molecule has 1 fully saturated rings. The molecule has 0 aromatic heterocycles. The number of hydrogen-bond donors (Lipinski definition) is 1. The minimum absolute atomic E-state index is 0.197. The van der Waals surface area contributed by atoms with Crippen LogP contribution < -0.4 is 15.0 Å². The monoisotopic (exact) mass is 518 g/mol. The molecule has 1 heterocycles. The van der Waals surface area contributed by atoms with Gasteiger partial charge in [0.2, 0.25) is 0 Å². The van der Waals surface area contributed by atoms with Crippen LogP contribution in [-0.4, -0.2) is 32.0 Å². The highest BCUT2D eigenvalue weighted by Gasteiger charge is 2.34. The van der Waals surface area contributed by atoms with Crippen molar-refractivity contribution in [3.63, 3.8) is 0 Å². The van der Waals surface area contributed by atoms with Crippen LogP contribution in [0.1, 0.15) is 23.2 Å². The van der Waals surface area contributed by atoms with Gasteiger partial charge in [0, 0.05) is 41.7 Å². The Labute approximate surface area is 198 Å². The Morgan fingerprint density at radius 2 is 1.73 bits per heavy atom. The number of ether oxygens (including phenoxy) is 1. The van der Waals surface area contributed by atoms with Crippen LogP contribution in [0.3, 0.4) is 0 Å². The van der Waals surface area contributed by atoms with E-state index in [4.69, 9.17) is 4.74 Å². The Bertz CT molecular complexity index is 1160. The first-order valence-electron chi connectivity index (χ1n) is 10.4. The van der Waals surface area contributed by atoms with Gasteiger partial charge in [0.05, 0.1) is 12.8 Å². The highest BCUT2D eigenvalue weighted by atomic mass is 79.9. The fourth-order valence-corrected chi connectivity index (χ4v) is 4.23. The van der Waals surface area contributed by atoms with Gasteiger partial charge in [-0.3, -0.25) is 4.79 Å². The molecule has 3 aromatic carbocycles. The maximum absolute atomic E-state index is 13.6. The fourth-order valence-electron chi connectivity index (χ4n) is 3.87. The maximum atomic E-state index is 13.6. The summed E-state index contributed by atoms with van der Waals surface area (Å²) in [5.41, 5.74) is 2.93. The number of amides is 1. The summed E-state index contributed by atoms with van der Waals surface area (Å²) in [4.78, 5) is 15.0. The molecule has 1 aliphatic heterocycles. The number of halogens is 4. The smallest absolute Gasteiger partial charge is 0.256 e. The normalized spacial score (nSPS) is 15.2. The highest BCUT2D eigenvalue weighted by molar-refractivity contribution is 9.10. The van der Waals surface area contributed by atoms with Crippen LogP contribution in [0.25, 0.3) is 11.1 Å². The Morgan fingerprint density at radius 3 is 2.39 bits per heavy atom. The number of hydrogen-bond acceptors (Lipinski definition) is 3. The van der Waals surface area contributed by atoms with E-state index < -0.39 is 5.92 Å². The molecule has 0 bridgehead atoms. The summed E-state index contributed by atoms with van der Waals surface area (Å²) in [6.45, 7) is 0.393. The average Bonchev–Trinajstić information content (AvgIpc) is 2.79. The number of nitrogens with one attached hydrogen (secondary N) is 1. The van der Waals surface area contributed by atoms with Gasteiger partial charge in [0.25, 0.3) is 11.8 Å². The van der Waals surface area contributed by atoms with E-state index >= 15 is 0 Å². The lowest BCUT2D eigenvalue weighted by Crippen LogP contribution is -2.39. The second-order valence-corrected chi connectivity index (χ2v) is 8.80. The van der Waals surface area contributed by atoms with Gasteiger partial charge in [0.1, 0.15) is 11.6 Å². The van der Waals surface area contributed by atoms with Gasteiger partial charge in [-0.2, -0.15) is 0 Å². The van der Waals surface area contributed by atoms with Crippen LogP contribution in [0, 0.1) is 5.82 Å². The van der Waals surface area contributed by atoms with Gasteiger partial charge in [-0.25, -0.2) is 13.2 Å². The number of nitrogens with zero attached hydrogens (tertiary/aromatic N) is 1. The first-order valence-corrected chi connectivity index (χ1v) is 11.2. The standard InChI is InChI=1S/C25H22BrF3N2O2/c1-33-23-9-7-19(15-22(23)31-12-10-25(28,29)11-13-31)30-24(32)20-8-4-17(26)14-21(20)16-2-5-18(27)6-3-16/h2-9,14-15H,10-13H2,1H3,(H,30,32). The van der Waals surface area contributed by atoms with Crippen LogP contribution in [0.2, 0.25) is 0 Å². The molecule has 8 heteroatoms. The van der Waals surface area contributed by atoms with E-state index in [1.807, 2.05) is 4.90 Å². The SMILES string of the molecule is COc1ccc(NC(=O)c2ccc(Br)cc2-c2ccc(F)cc2)cc1N1CCC(F)(F)CC1. The van der Waals surface area contributed by atoms with E-state index in [1.54, 1.807) is 48.5 Å². The summed E-state index contributed by atoms with van der Waals surface area (Å²) in [7, 11) is 1.52. The lowest BCUT2D eigenvalue weighted by atomic mass is 9.99. The number of benzene rings is 3. The Balaban J connectivity index is 1.61. The summed E-state index contributed by atoms with van der Waals surface area (Å²) < 4.78 is 46.8. The second-order valence-electron chi connectivity index (χ2n) is 7.88. The van der Waals surface area contributed by atoms with Crippen molar-refractivity contribution in [3.8, 4) is 16.9 Å². The van der Waals surface area contributed by atoms with Crippen molar-refractivity contribution in [3.05, 3.63) is 76.5 Å². The average molecular weight is 519 g/mol. The molecular weight excluding hydrogens is 497 g/mol. The minimum Gasteiger partial charge on any atom is -0.495 e. The Hall–Kier alpha value is -3.00. The summed E-state index contributed by atoms with van der Waals surface area (Å²) >= 11 is 3.42. The minimum atomic E-state index is -2.66. The molecule has 1 amide bonds. The third-order valence-corrected chi connectivity index (χ3v) is 6.15. The van der Waals surface area contributed by atoms with Gasteiger partial charge >= 0.3 is 0 Å². The van der Waals surface area contributed by atoms with E-state index in [1.165, 1.54) is 19.2 Å². The summed E-state index contributed by atoms with van der Waals surface area (Å²) in [6, 6.07) is 16.3. The van der Waals surface area contributed by atoms with Crippen LogP contribution in [-0.2, 0) is 0 Å². The van der Waals surface area contributed by atoms with Crippen LogP contribution >= 0.6 is 15.9 Å². The van der Waals surface area contributed by atoms with E-state index in [0.717, 1.165) is 4.47 Å². The third-order valence-electron chi connectivity index (χ3n) is 5.65. The van der Waals surface area contributed by atoms with Crippen LogP contribution in [0.4, 0.5) is 24.5 Å². The maximum Gasteiger partial charge on any atom is 0.256 e. The zero-order valence-corrected chi connectivity index (χ0v) is 19.5. The second kappa shape index (κ2) is 9.47. The largest absolute Gasteiger partial charge is 0.495 e. The highest BCUT2D eigenvalue weighted by Crippen LogP contribution is 2.37. The molecule has 1 N–H and O–H groups in total. The lowest BCUT2D eigenvalue weighted by Gasteiger charge is -2.34. The predicted molar refractivity (Wildman–Crippen MR) is 127 cm³/mol. The van der Waals surface area contributed by atoms with Crippen LogP contribution in [0.15, 0.2) is 65.1 Å². The van der Waals surface area contributed by atoms with Crippen LogP contribution in [0.5, 0.6) is 5.75 Å². The first kappa shape index (κ1) is 23.2. The number of rotatable bonds is 5. The number of carbonyl (C=O) groups excluding carboxylic acids is 1. The van der Waals surface area contributed by atoms with Gasteiger partial charge < -0.3 is 15.0 Å². The van der Waals surface area contributed by atoms with Gasteiger partial charge in [-0.15, -0.1) is 0 Å². The van der Waals surface area contributed by atoms with Crippen molar-refractivity contribution >= 4 is 33.2 Å². The molecule has 4 rings (SSSR count). The lowest BCUT2D eigenvalue weighted by molar-refractivity contribution is -0.0221. The van der Waals surface area contributed by atoms with Crippen molar-refractivity contribution < 1.29 is 22.7 Å². The Morgan fingerprint density at radius 1 is 1.03 bits per heavy atom. The molecule has 0 unspecified atom stereocenters. The molecule has 1 aliphatic rings. The zero-order valence-electron chi connectivity index (χ0n) is 17.9. The van der Waals surface area contributed by atoms with Crippen molar-refractivity contribution in [2.75, 3.05) is 30.4 Å². The van der Waals surface area contributed by atoms with Crippen molar-refractivity contribution in [1.82, 2.24) is 0 Å². The molecule has 33 heavy (non-hydrogen) atoms. The zero-order chi connectivity index (χ0) is 23.6. The molecular formula is C25H22BrF3N2O2. The number of anilines is 2. The molecule has 0 radical (unpaired) electrons. The third kappa shape index (κ3) is 5.33. The molecule has 172 valence electrons. The summed E-state index contributed by atoms with van der Waals surface area (Å²) in [6.07, 6.45) is -0.459. The molecule has 1 saturated heterocycles. The van der Waals surface area contributed by atoms with E-state index in [-0.39, 0.29) is 37.7 Å². The number of carbonyl (C=O) groups is 1. The topological polar surface area (TPSA) is 41.6 Å². The number of piperidine rings is 1. The summed E-state index contributed by atoms with van der Waals surface area (Å²) in [5.74, 6) is -2.81. The number of alkyl halides is 2. The van der Waals surface area contributed by atoms with E-state index in [0.29, 0.717) is 33.8 Å². The molecule has 4 nitrogen and oxygen atoms in total. The molecule has 0 atom stereocenters. The first-order chi connectivity index (χ1) is 15.8. The van der Waals surface area contributed by atoms with E-state index in [9.17, 15) is 18.0 Å². The van der Waals surface area contributed by atoms with Gasteiger partial charge in [0.15, 0.2) is 0 Å². The molecule has 0 aliphatic carbocycles. The quantitative estimate of drug-likeness (QED) is 0.406. The Kier molecular flexibility index (Phi) is 6.65. The fraction of sp³-hybridized carbons (Fsp3) is 0.240. The summed E-state index contributed by atoms with van der Waals surface area (Å²) in [5, 5.41) is 2.89. The van der Waals surface area contributed by atoms with Crippen molar-refractivity contribution in [2.45, 2.75) is 18.8 Å². The number of methoxy groups -OCH3 is 1. The van der Waals surface area contributed by atoms with E-state index in [2.05, 4.69) is 21.2 Å². The molecule has 0 spiro atoms. The molecule has 3 aromatic rings. The van der Waals surface area contributed by atoms with Gasteiger partial charge in [-0.1, -0.05) is 28.1 Å².